The van der Waals surface area contributed by atoms with Crippen LogP contribution in [0.15, 0.2) is 0 Å². The van der Waals surface area contributed by atoms with E-state index in [1.807, 2.05) is 0 Å². The average Bonchev–Trinajstić information content (AvgIpc) is 1.78. The highest BCUT2D eigenvalue weighted by Gasteiger charge is 2.54. The molecule has 0 aromatic carbocycles. The van der Waals surface area contributed by atoms with Gasteiger partial charge in [-0.25, -0.2) is 0 Å². The summed E-state index contributed by atoms with van der Waals surface area (Å²) in [5, 5.41) is 9.15. The normalized spacial score (nSPS) is 30.3. The number of carbonyl (C=O) groups is 1. The number of hydrogen-bond donors (Lipinski definition) is 1. The Hall–Kier alpha value is -0.570. The Morgan fingerprint density at radius 3 is 2.08 bits per heavy atom. The Morgan fingerprint density at radius 2 is 1.85 bits per heavy atom. The molecular formula is C10H17NO2. The van der Waals surface area contributed by atoms with Crippen molar-refractivity contribution in [3.63, 3.8) is 0 Å². The standard InChI is InChI=1S/C10H17NO2/c1-9(2)6-11(7-9)10(8(12)13)4-3-5-10/h3-7H2,1-2H3,(H,12,13). The minimum absolute atomic E-state index is 0.331. The molecule has 1 N–H and O–H groups in total. The fourth-order valence-electron chi connectivity index (χ4n) is 2.47. The molecule has 0 aromatic rings. The molecule has 1 saturated heterocycles. The molecule has 3 heteroatoms. The summed E-state index contributed by atoms with van der Waals surface area (Å²) in [6, 6.07) is 0. The van der Waals surface area contributed by atoms with Crippen molar-refractivity contribution in [1.29, 1.82) is 0 Å². The number of hydrogen-bond acceptors (Lipinski definition) is 2. The van der Waals surface area contributed by atoms with Crippen LogP contribution < -0.4 is 0 Å². The van der Waals surface area contributed by atoms with E-state index in [1.165, 1.54) is 0 Å². The lowest BCUT2D eigenvalue weighted by Crippen LogP contribution is -2.69. The van der Waals surface area contributed by atoms with E-state index < -0.39 is 11.5 Å². The molecule has 2 fully saturated rings. The van der Waals surface area contributed by atoms with Gasteiger partial charge in [-0.3, -0.25) is 9.69 Å². The predicted molar refractivity (Wildman–Crippen MR) is 49.6 cm³/mol. The third-order valence-electron chi connectivity index (χ3n) is 3.42. The first-order chi connectivity index (χ1) is 5.96. The van der Waals surface area contributed by atoms with Crippen LogP contribution in [0.5, 0.6) is 0 Å². The third kappa shape index (κ3) is 1.17. The van der Waals surface area contributed by atoms with E-state index in [0.717, 1.165) is 32.4 Å². The van der Waals surface area contributed by atoms with Gasteiger partial charge in [0.25, 0.3) is 0 Å². The summed E-state index contributed by atoms with van der Waals surface area (Å²) < 4.78 is 0. The fraction of sp³-hybridized carbons (Fsp3) is 0.900. The topological polar surface area (TPSA) is 40.5 Å². The fourth-order valence-corrected chi connectivity index (χ4v) is 2.47. The monoisotopic (exact) mass is 183 g/mol. The van der Waals surface area contributed by atoms with E-state index in [2.05, 4.69) is 18.7 Å². The average molecular weight is 183 g/mol. The van der Waals surface area contributed by atoms with Gasteiger partial charge in [0.2, 0.25) is 0 Å². The highest BCUT2D eigenvalue weighted by molar-refractivity contribution is 5.80. The summed E-state index contributed by atoms with van der Waals surface area (Å²) in [5.41, 5.74) is -0.145. The summed E-state index contributed by atoms with van der Waals surface area (Å²) in [6.45, 7) is 6.27. The molecule has 0 atom stereocenters. The van der Waals surface area contributed by atoms with Crippen LogP contribution in [0.25, 0.3) is 0 Å². The molecule has 0 bridgehead atoms. The molecule has 0 amide bonds. The van der Waals surface area contributed by atoms with Crippen molar-refractivity contribution >= 4 is 5.97 Å². The number of likely N-dealkylation sites (tertiary alicyclic amines) is 1. The molecular weight excluding hydrogens is 166 g/mol. The van der Waals surface area contributed by atoms with Crippen molar-refractivity contribution < 1.29 is 9.90 Å². The lowest BCUT2D eigenvalue weighted by molar-refractivity contribution is -0.171. The molecule has 1 heterocycles. The third-order valence-corrected chi connectivity index (χ3v) is 3.42. The maximum Gasteiger partial charge on any atom is 0.324 e. The maximum absolute atomic E-state index is 11.1. The molecule has 0 unspecified atom stereocenters. The summed E-state index contributed by atoms with van der Waals surface area (Å²) >= 11 is 0. The minimum Gasteiger partial charge on any atom is -0.480 e. The van der Waals surface area contributed by atoms with Gasteiger partial charge in [-0.15, -0.1) is 0 Å². The highest BCUT2D eigenvalue weighted by atomic mass is 16.4. The highest BCUT2D eigenvalue weighted by Crippen LogP contribution is 2.45. The number of nitrogens with zero attached hydrogens (tertiary/aromatic N) is 1. The number of rotatable bonds is 2. The number of carboxylic acids is 1. The molecule has 3 nitrogen and oxygen atoms in total. The van der Waals surface area contributed by atoms with Crippen LogP contribution in [0.3, 0.4) is 0 Å². The molecule has 74 valence electrons. The van der Waals surface area contributed by atoms with Crippen LogP contribution in [-0.4, -0.2) is 34.6 Å². The van der Waals surface area contributed by atoms with Gasteiger partial charge < -0.3 is 5.11 Å². The lowest BCUT2D eigenvalue weighted by Gasteiger charge is -2.57. The van der Waals surface area contributed by atoms with Gasteiger partial charge in [-0.05, 0) is 24.7 Å². The van der Waals surface area contributed by atoms with Gasteiger partial charge in [0, 0.05) is 13.1 Å². The first-order valence-corrected chi connectivity index (χ1v) is 4.95. The molecule has 2 rings (SSSR count). The van der Waals surface area contributed by atoms with E-state index in [1.54, 1.807) is 0 Å². The van der Waals surface area contributed by atoms with Crippen LogP contribution in [0, 0.1) is 5.41 Å². The molecule has 2 aliphatic rings. The van der Waals surface area contributed by atoms with Gasteiger partial charge >= 0.3 is 5.97 Å². The largest absolute Gasteiger partial charge is 0.480 e. The van der Waals surface area contributed by atoms with Gasteiger partial charge in [-0.2, -0.15) is 0 Å². The Bertz CT molecular complexity index is 235. The first kappa shape index (κ1) is 9.00. The second-order valence-electron chi connectivity index (χ2n) is 5.21. The smallest absolute Gasteiger partial charge is 0.324 e. The van der Waals surface area contributed by atoms with Gasteiger partial charge in [0.15, 0.2) is 0 Å². The maximum atomic E-state index is 11.1. The van der Waals surface area contributed by atoms with E-state index in [9.17, 15) is 4.79 Å². The number of carboxylic acid groups (broad SMARTS) is 1. The van der Waals surface area contributed by atoms with E-state index in [0.29, 0.717) is 5.41 Å². The van der Waals surface area contributed by atoms with E-state index in [4.69, 9.17) is 5.11 Å². The molecule has 1 aliphatic heterocycles. The molecule has 0 spiro atoms. The minimum atomic E-state index is -0.616. The van der Waals surface area contributed by atoms with Gasteiger partial charge in [-0.1, -0.05) is 13.8 Å². The van der Waals surface area contributed by atoms with Gasteiger partial charge in [0.1, 0.15) is 5.54 Å². The van der Waals surface area contributed by atoms with Crippen molar-refractivity contribution in [2.24, 2.45) is 5.41 Å². The zero-order valence-corrected chi connectivity index (χ0v) is 8.34. The Kier molecular flexibility index (Phi) is 1.71. The second kappa shape index (κ2) is 2.47. The van der Waals surface area contributed by atoms with Crippen molar-refractivity contribution in [1.82, 2.24) is 4.90 Å². The van der Waals surface area contributed by atoms with E-state index >= 15 is 0 Å². The van der Waals surface area contributed by atoms with E-state index in [-0.39, 0.29) is 0 Å². The number of aliphatic carboxylic acids is 1. The zero-order valence-electron chi connectivity index (χ0n) is 8.34. The zero-order chi connectivity index (χ0) is 9.69. The SMILES string of the molecule is CC1(C)CN(C2(C(=O)O)CCC2)C1. The van der Waals surface area contributed by atoms with Crippen molar-refractivity contribution in [3.05, 3.63) is 0 Å². The molecule has 1 saturated carbocycles. The van der Waals surface area contributed by atoms with Crippen LogP contribution >= 0.6 is 0 Å². The lowest BCUT2D eigenvalue weighted by atomic mass is 9.70. The van der Waals surface area contributed by atoms with Crippen LogP contribution in [0.4, 0.5) is 0 Å². The van der Waals surface area contributed by atoms with Crippen molar-refractivity contribution in [3.8, 4) is 0 Å². The Balaban J connectivity index is 2.04. The Morgan fingerprint density at radius 1 is 1.31 bits per heavy atom. The van der Waals surface area contributed by atoms with Crippen LogP contribution in [0.2, 0.25) is 0 Å². The Labute approximate surface area is 78.7 Å². The second-order valence-corrected chi connectivity index (χ2v) is 5.21. The van der Waals surface area contributed by atoms with Crippen LogP contribution in [-0.2, 0) is 4.79 Å². The van der Waals surface area contributed by atoms with Gasteiger partial charge in [0.05, 0.1) is 0 Å². The molecule has 0 radical (unpaired) electrons. The predicted octanol–water partition coefficient (Wildman–Crippen LogP) is 1.34. The quantitative estimate of drug-likeness (QED) is 0.702. The summed E-state index contributed by atoms with van der Waals surface area (Å²) in [4.78, 5) is 13.2. The summed E-state index contributed by atoms with van der Waals surface area (Å²) in [7, 11) is 0. The summed E-state index contributed by atoms with van der Waals surface area (Å²) in [6.07, 6.45) is 2.76. The van der Waals surface area contributed by atoms with Crippen LogP contribution in [0.1, 0.15) is 33.1 Å². The molecule has 1 aliphatic carbocycles. The van der Waals surface area contributed by atoms with Crippen molar-refractivity contribution in [2.45, 2.75) is 38.6 Å². The summed E-state index contributed by atoms with van der Waals surface area (Å²) in [5.74, 6) is -0.616. The molecule has 0 aromatic heterocycles. The van der Waals surface area contributed by atoms with Crippen molar-refractivity contribution in [2.75, 3.05) is 13.1 Å². The molecule has 13 heavy (non-hydrogen) atoms. The first-order valence-electron chi connectivity index (χ1n) is 4.95.